The third kappa shape index (κ3) is 2.01. The lowest BCUT2D eigenvalue weighted by atomic mass is 10.1. The van der Waals surface area contributed by atoms with E-state index in [2.05, 4.69) is 37.0 Å². The molecule has 0 spiro atoms. The highest BCUT2D eigenvalue weighted by Crippen LogP contribution is 2.28. The molecule has 1 aromatic carbocycles. The van der Waals surface area contributed by atoms with Crippen molar-refractivity contribution in [3.8, 4) is 10.6 Å². The van der Waals surface area contributed by atoms with Gasteiger partial charge in [0.05, 0.1) is 12.3 Å². The van der Waals surface area contributed by atoms with Crippen LogP contribution in [-0.2, 0) is 6.61 Å². The first kappa shape index (κ1) is 11.3. The van der Waals surface area contributed by atoms with Crippen LogP contribution in [0.3, 0.4) is 0 Å². The summed E-state index contributed by atoms with van der Waals surface area (Å²) in [6.45, 7) is 6.22. The zero-order chi connectivity index (χ0) is 11.7. The number of aromatic nitrogens is 1. The van der Waals surface area contributed by atoms with Crippen molar-refractivity contribution < 1.29 is 5.11 Å². The number of hydrogen-bond acceptors (Lipinski definition) is 3. The average molecular weight is 233 g/mol. The van der Waals surface area contributed by atoms with Crippen molar-refractivity contribution in [1.82, 2.24) is 4.98 Å². The topological polar surface area (TPSA) is 33.1 Å². The van der Waals surface area contributed by atoms with Gasteiger partial charge in [-0.05, 0) is 38.0 Å². The highest BCUT2D eigenvalue weighted by Gasteiger charge is 2.08. The van der Waals surface area contributed by atoms with Crippen LogP contribution in [0.5, 0.6) is 0 Å². The number of aliphatic hydroxyl groups is 1. The smallest absolute Gasteiger partial charge is 0.123 e. The van der Waals surface area contributed by atoms with Gasteiger partial charge in [-0.3, -0.25) is 0 Å². The van der Waals surface area contributed by atoms with Crippen molar-refractivity contribution in [3.63, 3.8) is 0 Å². The Hall–Kier alpha value is -1.19. The van der Waals surface area contributed by atoms with Gasteiger partial charge in [0.1, 0.15) is 5.01 Å². The van der Waals surface area contributed by atoms with E-state index in [-0.39, 0.29) is 6.61 Å². The monoisotopic (exact) mass is 233 g/mol. The van der Waals surface area contributed by atoms with E-state index in [4.69, 9.17) is 5.11 Å². The fourth-order valence-corrected chi connectivity index (χ4v) is 2.49. The number of thiazole rings is 1. The number of nitrogens with zero attached hydrogens (tertiary/aromatic N) is 1. The first-order chi connectivity index (χ1) is 7.61. The molecule has 1 aromatic heterocycles. The molecule has 3 heteroatoms. The van der Waals surface area contributed by atoms with Gasteiger partial charge < -0.3 is 5.11 Å². The summed E-state index contributed by atoms with van der Waals surface area (Å²) in [6.07, 6.45) is 0. The number of rotatable bonds is 2. The van der Waals surface area contributed by atoms with Crippen molar-refractivity contribution in [2.24, 2.45) is 0 Å². The third-order valence-corrected chi connectivity index (χ3v) is 3.86. The molecule has 16 heavy (non-hydrogen) atoms. The van der Waals surface area contributed by atoms with Crippen LogP contribution < -0.4 is 0 Å². The van der Waals surface area contributed by atoms with E-state index in [0.717, 1.165) is 21.1 Å². The maximum atomic E-state index is 9.12. The van der Waals surface area contributed by atoms with Crippen LogP contribution in [-0.4, -0.2) is 10.1 Å². The van der Waals surface area contributed by atoms with E-state index in [1.54, 1.807) is 11.3 Å². The first-order valence-electron chi connectivity index (χ1n) is 5.26. The second kappa shape index (κ2) is 4.36. The lowest BCUT2D eigenvalue weighted by molar-refractivity contribution is 0.277. The summed E-state index contributed by atoms with van der Waals surface area (Å²) in [4.78, 5) is 5.53. The van der Waals surface area contributed by atoms with Gasteiger partial charge in [-0.2, -0.15) is 0 Å². The molecule has 0 radical (unpaired) electrons. The van der Waals surface area contributed by atoms with Gasteiger partial charge in [-0.25, -0.2) is 4.98 Å². The Kier molecular flexibility index (Phi) is 3.08. The van der Waals surface area contributed by atoms with E-state index in [9.17, 15) is 0 Å². The summed E-state index contributed by atoms with van der Waals surface area (Å²) in [5, 5.41) is 10.1. The predicted molar refractivity (Wildman–Crippen MR) is 67.7 cm³/mol. The lowest BCUT2D eigenvalue weighted by Crippen LogP contribution is -1.86. The molecule has 1 heterocycles. The summed E-state index contributed by atoms with van der Waals surface area (Å²) in [5.41, 5.74) is 4.49. The fraction of sp³-hybridized carbons (Fsp3) is 0.308. The van der Waals surface area contributed by atoms with Crippen molar-refractivity contribution in [3.05, 3.63) is 39.9 Å². The molecule has 0 fully saturated rings. The number of aryl methyl sites for hydroxylation is 3. The highest BCUT2D eigenvalue weighted by atomic mass is 32.1. The molecule has 2 nitrogen and oxygen atoms in total. The van der Waals surface area contributed by atoms with Crippen LogP contribution in [0.15, 0.2) is 18.2 Å². The quantitative estimate of drug-likeness (QED) is 0.864. The molecule has 0 atom stereocenters. The molecule has 84 valence electrons. The minimum Gasteiger partial charge on any atom is -0.390 e. The van der Waals surface area contributed by atoms with E-state index in [1.165, 1.54) is 11.1 Å². The molecular weight excluding hydrogens is 218 g/mol. The van der Waals surface area contributed by atoms with Crippen LogP contribution in [0.1, 0.15) is 21.7 Å². The summed E-state index contributed by atoms with van der Waals surface area (Å²) in [7, 11) is 0. The summed E-state index contributed by atoms with van der Waals surface area (Å²) in [5.74, 6) is 0. The minimum absolute atomic E-state index is 0.0210. The van der Waals surface area contributed by atoms with Gasteiger partial charge in [0.2, 0.25) is 0 Å². The van der Waals surface area contributed by atoms with Gasteiger partial charge in [-0.1, -0.05) is 12.1 Å². The molecule has 2 aromatic rings. The predicted octanol–water partition coefficient (Wildman–Crippen LogP) is 3.23. The number of hydrogen-bond donors (Lipinski definition) is 1. The normalized spacial score (nSPS) is 10.8. The highest BCUT2D eigenvalue weighted by molar-refractivity contribution is 7.15. The molecule has 0 aliphatic carbocycles. The molecule has 0 aliphatic rings. The molecule has 0 saturated heterocycles. The second-order valence-electron chi connectivity index (χ2n) is 3.98. The van der Waals surface area contributed by atoms with Gasteiger partial charge in [0.15, 0.2) is 0 Å². The van der Waals surface area contributed by atoms with Crippen LogP contribution in [0.25, 0.3) is 10.6 Å². The Balaban J connectivity index is 2.46. The van der Waals surface area contributed by atoms with Gasteiger partial charge in [-0.15, -0.1) is 11.3 Å². The van der Waals surface area contributed by atoms with Crippen molar-refractivity contribution >= 4 is 11.3 Å². The van der Waals surface area contributed by atoms with Crippen LogP contribution in [0.4, 0.5) is 0 Å². The Morgan fingerprint density at radius 3 is 2.50 bits per heavy atom. The summed E-state index contributed by atoms with van der Waals surface area (Å²) in [6, 6.07) is 6.34. The SMILES string of the molecule is Cc1ccc(-c2nc(CO)c(C)s2)cc1C. The average Bonchev–Trinajstić information content (AvgIpc) is 2.64. The van der Waals surface area contributed by atoms with Crippen molar-refractivity contribution in [2.45, 2.75) is 27.4 Å². The van der Waals surface area contributed by atoms with Gasteiger partial charge >= 0.3 is 0 Å². The maximum Gasteiger partial charge on any atom is 0.123 e. The fourth-order valence-electron chi connectivity index (χ4n) is 1.57. The van der Waals surface area contributed by atoms with E-state index >= 15 is 0 Å². The Labute approximate surface area is 99.6 Å². The zero-order valence-electron chi connectivity index (χ0n) is 9.74. The standard InChI is InChI=1S/C13H15NOS/c1-8-4-5-11(6-9(8)2)13-14-12(7-15)10(3)16-13/h4-6,15H,7H2,1-3H3. The maximum absolute atomic E-state index is 9.12. The van der Waals surface area contributed by atoms with Crippen LogP contribution >= 0.6 is 11.3 Å². The molecule has 0 amide bonds. The summed E-state index contributed by atoms with van der Waals surface area (Å²) < 4.78 is 0. The molecule has 0 bridgehead atoms. The molecular formula is C13H15NOS. The number of benzene rings is 1. The molecule has 0 aliphatic heterocycles. The van der Waals surface area contributed by atoms with E-state index < -0.39 is 0 Å². The van der Waals surface area contributed by atoms with Crippen LogP contribution in [0, 0.1) is 20.8 Å². The zero-order valence-corrected chi connectivity index (χ0v) is 10.6. The number of aliphatic hydroxyl groups excluding tert-OH is 1. The first-order valence-corrected chi connectivity index (χ1v) is 6.08. The Morgan fingerprint density at radius 2 is 1.94 bits per heavy atom. The van der Waals surface area contributed by atoms with E-state index in [1.807, 2.05) is 6.92 Å². The summed E-state index contributed by atoms with van der Waals surface area (Å²) >= 11 is 1.64. The minimum atomic E-state index is 0.0210. The van der Waals surface area contributed by atoms with Gasteiger partial charge in [0, 0.05) is 10.4 Å². The lowest BCUT2D eigenvalue weighted by Gasteiger charge is -2.01. The van der Waals surface area contributed by atoms with E-state index in [0.29, 0.717) is 0 Å². The second-order valence-corrected chi connectivity index (χ2v) is 5.18. The Morgan fingerprint density at radius 1 is 1.19 bits per heavy atom. The Bertz CT molecular complexity index is 517. The van der Waals surface area contributed by atoms with Crippen molar-refractivity contribution in [2.75, 3.05) is 0 Å². The van der Waals surface area contributed by atoms with Crippen LogP contribution in [0.2, 0.25) is 0 Å². The molecule has 1 N–H and O–H groups in total. The molecule has 2 rings (SSSR count). The third-order valence-electron chi connectivity index (χ3n) is 2.80. The van der Waals surface area contributed by atoms with Crippen molar-refractivity contribution in [1.29, 1.82) is 0 Å². The molecule has 0 saturated carbocycles. The largest absolute Gasteiger partial charge is 0.390 e. The molecule has 0 unspecified atom stereocenters. The van der Waals surface area contributed by atoms with Gasteiger partial charge in [0.25, 0.3) is 0 Å².